The Balaban J connectivity index is 1.64. The zero-order valence-electron chi connectivity index (χ0n) is 13.9. The van der Waals surface area contributed by atoms with E-state index in [1.165, 1.54) is 6.20 Å². The molecule has 0 aliphatic carbocycles. The van der Waals surface area contributed by atoms with E-state index in [4.69, 9.17) is 4.74 Å². The van der Waals surface area contributed by atoms with Crippen LogP contribution in [0.3, 0.4) is 0 Å². The number of rotatable bonds is 4. The molecule has 2 heterocycles. The van der Waals surface area contributed by atoms with E-state index >= 15 is 0 Å². The minimum atomic E-state index is -0.270. The average molecular weight is 327 g/mol. The van der Waals surface area contributed by atoms with Crippen molar-refractivity contribution in [3.8, 4) is 0 Å². The summed E-state index contributed by atoms with van der Waals surface area (Å²) in [6.45, 7) is 2.95. The fourth-order valence-corrected chi connectivity index (χ4v) is 2.43. The van der Waals surface area contributed by atoms with Crippen molar-refractivity contribution in [1.29, 1.82) is 0 Å². The van der Waals surface area contributed by atoms with Crippen LogP contribution in [-0.4, -0.2) is 56.3 Å². The van der Waals surface area contributed by atoms with Crippen LogP contribution in [0.4, 0.5) is 17.2 Å². The second-order valence-corrected chi connectivity index (χ2v) is 5.75. The fraction of sp³-hybridized carbons (Fsp3) is 0.353. The van der Waals surface area contributed by atoms with Crippen molar-refractivity contribution in [2.45, 2.75) is 0 Å². The SMILES string of the molecule is CN(C)c1ccc(NC(=O)c2cnc(N3CCOCC3)cn2)cc1. The van der Waals surface area contributed by atoms with Gasteiger partial charge in [0.25, 0.3) is 5.91 Å². The Kier molecular flexibility index (Phi) is 4.90. The van der Waals surface area contributed by atoms with Gasteiger partial charge in [-0.15, -0.1) is 0 Å². The molecule has 2 aromatic rings. The minimum Gasteiger partial charge on any atom is -0.378 e. The number of carbonyl (C=O) groups excluding carboxylic acids is 1. The predicted octanol–water partition coefficient (Wildman–Crippen LogP) is 1.63. The standard InChI is InChI=1S/C17H21N5O2/c1-21(2)14-5-3-13(4-6-14)20-17(23)15-11-19-16(12-18-15)22-7-9-24-10-8-22/h3-6,11-12H,7-10H2,1-2H3,(H,20,23). The number of ether oxygens (including phenoxy) is 1. The molecule has 0 saturated carbocycles. The number of benzene rings is 1. The number of hydrogen-bond acceptors (Lipinski definition) is 6. The van der Waals surface area contributed by atoms with Crippen LogP contribution < -0.4 is 15.1 Å². The highest BCUT2D eigenvalue weighted by Gasteiger charge is 2.14. The van der Waals surface area contributed by atoms with Crippen molar-refractivity contribution in [1.82, 2.24) is 9.97 Å². The van der Waals surface area contributed by atoms with Crippen LogP contribution in [-0.2, 0) is 4.74 Å². The molecule has 0 atom stereocenters. The van der Waals surface area contributed by atoms with Gasteiger partial charge in [0.2, 0.25) is 0 Å². The molecular weight excluding hydrogens is 306 g/mol. The third-order valence-electron chi connectivity index (χ3n) is 3.85. The Labute approximate surface area is 141 Å². The smallest absolute Gasteiger partial charge is 0.275 e. The second kappa shape index (κ2) is 7.27. The Morgan fingerprint density at radius 3 is 2.42 bits per heavy atom. The summed E-state index contributed by atoms with van der Waals surface area (Å²) < 4.78 is 5.32. The Bertz CT molecular complexity index is 679. The molecule has 1 aromatic carbocycles. The molecule has 1 saturated heterocycles. The normalized spacial score (nSPS) is 14.3. The highest BCUT2D eigenvalue weighted by atomic mass is 16.5. The molecule has 3 rings (SSSR count). The van der Waals surface area contributed by atoms with Crippen LogP contribution in [0.25, 0.3) is 0 Å². The molecule has 126 valence electrons. The Hall–Kier alpha value is -2.67. The van der Waals surface area contributed by atoms with E-state index < -0.39 is 0 Å². The maximum atomic E-state index is 12.3. The van der Waals surface area contributed by atoms with Gasteiger partial charge in [0.15, 0.2) is 0 Å². The highest BCUT2D eigenvalue weighted by molar-refractivity contribution is 6.02. The average Bonchev–Trinajstić information content (AvgIpc) is 2.63. The maximum Gasteiger partial charge on any atom is 0.275 e. The lowest BCUT2D eigenvalue weighted by molar-refractivity contribution is 0.102. The molecule has 1 aliphatic heterocycles. The molecule has 0 spiro atoms. The van der Waals surface area contributed by atoms with Crippen molar-refractivity contribution in [3.05, 3.63) is 42.4 Å². The van der Waals surface area contributed by atoms with Crippen LogP contribution in [0.1, 0.15) is 10.5 Å². The third-order valence-corrected chi connectivity index (χ3v) is 3.85. The summed E-state index contributed by atoms with van der Waals surface area (Å²) >= 11 is 0. The number of aromatic nitrogens is 2. The number of nitrogens with one attached hydrogen (secondary N) is 1. The van der Waals surface area contributed by atoms with Crippen molar-refractivity contribution in [2.24, 2.45) is 0 Å². The highest BCUT2D eigenvalue weighted by Crippen LogP contribution is 2.16. The molecule has 0 radical (unpaired) electrons. The summed E-state index contributed by atoms with van der Waals surface area (Å²) in [6, 6.07) is 7.62. The summed E-state index contributed by atoms with van der Waals surface area (Å²) in [4.78, 5) is 24.9. The zero-order valence-corrected chi connectivity index (χ0v) is 13.9. The van der Waals surface area contributed by atoms with E-state index in [-0.39, 0.29) is 5.91 Å². The lowest BCUT2D eigenvalue weighted by Gasteiger charge is -2.27. The molecule has 1 aromatic heterocycles. The van der Waals surface area contributed by atoms with E-state index in [0.717, 1.165) is 30.3 Å². The minimum absolute atomic E-state index is 0.270. The molecule has 7 nitrogen and oxygen atoms in total. The molecule has 24 heavy (non-hydrogen) atoms. The predicted molar refractivity (Wildman–Crippen MR) is 93.8 cm³/mol. The first-order valence-electron chi connectivity index (χ1n) is 7.87. The van der Waals surface area contributed by atoms with Crippen LogP contribution in [0.15, 0.2) is 36.7 Å². The van der Waals surface area contributed by atoms with E-state index in [0.29, 0.717) is 18.9 Å². The van der Waals surface area contributed by atoms with Gasteiger partial charge in [0.05, 0.1) is 25.6 Å². The molecular formula is C17H21N5O2. The van der Waals surface area contributed by atoms with Crippen LogP contribution in [0.2, 0.25) is 0 Å². The van der Waals surface area contributed by atoms with E-state index in [1.54, 1.807) is 6.20 Å². The monoisotopic (exact) mass is 327 g/mol. The number of hydrogen-bond donors (Lipinski definition) is 1. The van der Waals surface area contributed by atoms with Crippen molar-refractivity contribution >= 4 is 23.1 Å². The largest absolute Gasteiger partial charge is 0.378 e. The second-order valence-electron chi connectivity index (χ2n) is 5.75. The number of morpholine rings is 1. The molecule has 1 aliphatic rings. The van der Waals surface area contributed by atoms with Crippen LogP contribution >= 0.6 is 0 Å². The number of nitrogens with zero attached hydrogens (tertiary/aromatic N) is 4. The summed E-state index contributed by atoms with van der Waals surface area (Å²) in [7, 11) is 3.94. The lowest BCUT2D eigenvalue weighted by Crippen LogP contribution is -2.36. The quantitative estimate of drug-likeness (QED) is 0.920. The van der Waals surface area contributed by atoms with Gasteiger partial charge < -0.3 is 19.9 Å². The van der Waals surface area contributed by atoms with Crippen molar-refractivity contribution < 1.29 is 9.53 Å². The fourth-order valence-electron chi connectivity index (χ4n) is 2.43. The van der Waals surface area contributed by atoms with E-state index in [1.807, 2.05) is 43.3 Å². The molecule has 1 fully saturated rings. The molecule has 0 bridgehead atoms. The zero-order chi connectivity index (χ0) is 16.9. The van der Waals surface area contributed by atoms with Gasteiger partial charge in [-0.05, 0) is 24.3 Å². The summed E-state index contributed by atoms with van der Waals surface area (Å²) in [5.74, 6) is 0.499. The van der Waals surface area contributed by atoms with Crippen molar-refractivity contribution in [3.63, 3.8) is 0 Å². The van der Waals surface area contributed by atoms with Crippen molar-refractivity contribution in [2.75, 3.05) is 55.5 Å². The number of carbonyl (C=O) groups is 1. The number of anilines is 3. The molecule has 0 unspecified atom stereocenters. The maximum absolute atomic E-state index is 12.3. The molecule has 1 N–H and O–H groups in total. The van der Waals surface area contributed by atoms with Crippen LogP contribution in [0.5, 0.6) is 0 Å². The van der Waals surface area contributed by atoms with E-state index in [2.05, 4.69) is 20.2 Å². The Morgan fingerprint density at radius 2 is 1.83 bits per heavy atom. The number of amides is 1. The van der Waals surface area contributed by atoms with Gasteiger partial charge >= 0.3 is 0 Å². The topological polar surface area (TPSA) is 70.6 Å². The summed E-state index contributed by atoms with van der Waals surface area (Å²) in [5.41, 5.74) is 2.09. The van der Waals surface area contributed by atoms with Gasteiger partial charge in [-0.1, -0.05) is 0 Å². The Morgan fingerprint density at radius 1 is 1.12 bits per heavy atom. The molecule has 7 heteroatoms. The summed E-state index contributed by atoms with van der Waals surface area (Å²) in [6.07, 6.45) is 3.14. The van der Waals surface area contributed by atoms with Gasteiger partial charge in [0.1, 0.15) is 11.5 Å². The molecule has 1 amide bonds. The van der Waals surface area contributed by atoms with Gasteiger partial charge in [0, 0.05) is 38.6 Å². The van der Waals surface area contributed by atoms with Gasteiger partial charge in [-0.3, -0.25) is 4.79 Å². The van der Waals surface area contributed by atoms with E-state index in [9.17, 15) is 4.79 Å². The van der Waals surface area contributed by atoms with Crippen LogP contribution in [0, 0.1) is 0 Å². The van der Waals surface area contributed by atoms with Gasteiger partial charge in [-0.25, -0.2) is 9.97 Å². The third kappa shape index (κ3) is 3.80. The lowest BCUT2D eigenvalue weighted by atomic mass is 10.2. The first-order valence-corrected chi connectivity index (χ1v) is 7.87. The first kappa shape index (κ1) is 16.2. The summed E-state index contributed by atoms with van der Waals surface area (Å²) in [5, 5.41) is 2.83. The van der Waals surface area contributed by atoms with Gasteiger partial charge in [-0.2, -0.15) is 0 Å². The first-order chi connectivity index (χ1) is 11.6.